The molecule has 0 amide bonds. The first-order valence-electron chi connectivity index (χ1n) is 9.21. The van der Waals surface area contributed by atoms with Gasteiger partial charge in [0.05, 0.1) is 5.69 Å². The molecule has 0 saturated carbocycles. The second-order valence-corrected chi connectivity index (χ2v) is 8.81. The minimum atomic E-state index is -4.12. The Morgan fingerprint density at radius 2 is 1.60 bits per heavy atom. The van der Waals surface area contributed by atoms with Crippen molar-refractivity contribution in [2.75, 3.05) is 26.2 Å². The lowest BCUT2D eigenvalue weighted by Gasteiger charge is -2.33. The largest absolute Gasteiger partial charge is 0.444 e. The molecule has 1 saturated heterocycles. The van der Waals surface area contributed by atoms with Gasteiger partial charge in [-0.25, -0.2) is 26.6 Å². The van der Waals surface area contributed by atoms with E-state index in [9.17, 15) is 21.6 Å². The smallest absolute Gasteiger partial charge is 0.246 e. The minimum absolute atomic E-state index is 0.140. The molecule has 0 atom stereocenters. The lowest BCUT2D eigenvalue weighted by molar-refractivity contribution is 0.179. The van der Waals surface area contributed by atoms with Gasteiger partial charge in [-0.3, -0.25) is 4.90 Å². The van der Waals surface area contributed by atoms with Crippen molar-refractivity contribution < 1.29 is 26.0 Å². The Bertz CT molecular complexity index is 1140. The van der Waals surface area contributed by atoms with Gasteiger partial charge >= 0.3 is 0 Å². The highest BCUT2D eigenvalue weighted by Gasteiger charge is 2.31. The quantitative estimate of drug-likeness (QED) is 0.613. The van der Waals surface area contributed by atoms with E-state index in [4.69, 9.17) is 4.42 Å². The molecule has 30 heavy (non-hydrogen) atoms. The van der Waals surface area contributed by atoms with E-state index in [1.54, 1.807) is 12.1 Å². The van der Waals surface area contributed by atoms with Crippen LogP contribution in [0.5, 0.6) is 0 Å². The number of piperazine rings is 1. The van der Waals surface area contributed by atoms with Gasteiger partial charge in [0.1, 0.15) is 28.6 Å². The summed E-state index contributed by atoms with van der Waals surface area (Å²) in [6.07, 6.45) is 1.50. The van der Waals surface area contributed by atoms with Crippen molar-refractivity contribution in [1.29, 1.82) is 0 Å². The fourth-order valence-corrected chi connectivity index (χ4v) is 4.77. The molecule has 3 aromatic rings. The molecule has 0 bridgehead atoms. The van der Waals surface area contributed by atoms with E-state index in [0.717, 1.165) is 16.4 Å². The van der Waals surface area contributed by atoms with Crippen LogP contribution in [-0.2, 0) is 16.6 Å². The van der Waals surface area contributed by atoms with Crippen LogP contribution in [0.25, 0.3) is 11.5 Å². The average molecular weight is 437 g/mol. The van der Waals surface area contributed by atoms with Gasteiger partial charge in [-0.05, 0) is 42.5 Å². The number of sulfonamides is 1. The highest BCUT2D eigenvalue weighted by molar-refractivity contribution is 7.89. The molecule has 0 radical (unpaired) electrons. The number of oxazole rings is 1. The SMILES string of the molecule is O=S(=O)(c1cc(F)ccc1F)N1CCN(Cc2coc(-c3ccc(F)cc3)n2)CC1. The molecular formula is C20H18F3N3O3S. The number of aromatic nitrogens is 1. The zero-order valence-corrected chi connectivity index (χ0v) is 16.6. The predicted molar refractivity (Wildman–Crippen MR) is 102 cm³/mol. The van der Waals surface area contributed by atoms with Gasteiger partial charge in [0.15, 0.2) is 0 Å². The lowest BCUT2D eigenvalue weighted by Crippen LogP contribution is -2.48. The van der Waals surface area contributed by atoms with Gasteiger partial charge in [0.25, 0.3) is 0 Å². The molecule has 4 rings (SSSR count). The molecule has 0 N–H and O–H groups in total. The van der Waals surface area contributed by atoms with Crippen molar-refractivity contribution in [3.63, 3.8) is 0 Å². The Kier molecular flexibility index (Phi) is 5.63. The molecule has 0 unspecified atom stereocenters. The summed E-state index contributed by atoms with van der Waals surface area (Å²) in [7, 11) is -4.12. The maximum Gasteiger partial charge on any atom is 0.246 e. The monoisotopic (exact) mass is 437 g/mol. The summed E-state index contributed by atoms with van der Waals surface area (Å²) >= 11 is 0. The fraction of sp³-hybridized carbons (Fsp3) is 0.250. The first-order chi connectivity index (χ1) is 14.3. The third-order valence-electron chi connectivity index (χ3n) is 4.87. The molecule has 10 heteroatoms. The Morgan fingerprint density at radius 3 is 2.30 bits per heavy atom. The Morgan fingerprint density at radius 1 is 0.933 bits per heavy atom. The maximum atomic E-state index is 13.9. The third-order valence-corrected chi connectivity index (χ3v) is 6.78. The van der Waals surface area contributed by atoms with Crippen molar-refractivity contribution in [1.82, 2.24) is 14.2 Å². The van der Waals surface area contributed by atoms with Crippen LogP contribution >= 0.6 is 0 Å². The van der Waals surface area contributed by atoms with Gasteiger partial charge in [0, 0.05) is 38.3 Å². The van der Waals surface area contributed by atoms with Crippen LogP contribution in [0.3, 0.4) is 0 Å². The number of benzene rings is 2. The molecule has 158 valence electrons. The summed E-state index contributed by atoms with van der Waals surface area (Å²) in [6, 6.07) is 8.16. The molecule has 0 spiro atoms. The van der Waals surface area contributed by atoms with Crippen molar-refractivity contribution in [2.24, 2.45) is 0 Å². The number of hydrogen-bond acceptors (Lipinski definition) is 5. The number of rotatable bonds is 5. The topological polar surface area (TPSA) is 66.7 Å². The van der Waals surface area contributed by atoms with Crippen molar-refractivity contribution in [3.05, 3.63) is 71.9 Å². The van der Waals surface area contributed by atoms with Crippen LogP contribution in [0.1, 0.15) is 5.69 Å². The van der Waals surface area contributed by atoms with Gasteiger partial charge in [-0.1, -0.05) is 0 Å². The molecule has 1 aromatic heterocycles. The van der Waals surface area contributed by atoms with Crippen LogP contribution in [-0.4, -0.2) is 48.8 Å². The van der Waals surface area contributed by atoms with E-state index in [-0.39, 0.29) is 18.9 Å². The van der Waals surface area contributed by atoms with Gasteiger partial charge < -0.3 is 4.42 Å². The lowest BCUT2D eigenvalue weighted by atomic mass is 10.2. The Labute approximate surface area is 171 Å². The summed E-state index contributed by atoms with van der Waals surface area (Å²) in [5, 5.41) is 0. The average Bonchev–Trinajstić information content (AvgIpc) is 3.19. The van der Waals surface area contributed by atoms with E-state index >= 15 is 0 Å². The molecule has 1 aliphatic rings. The van der Waals surface area contributed by atoms with E-state index in [1.807, 2.05) is 4.90 Å². The zero-order valence-electron chi connectivity index (χ0n) is 15.8. The summed E-state index contributed by atoms with van der Waals surface area (Å²) < 4.78 is 72.3. The van der Waals surface area contributed by atoms with Gasteiger partial charge in [-0.2, -0.15) is 4.31 Å². The minimum Gasteiger partial charge on any atom is -0.444 e. The van der Waals surface area contributed by atoms with E-state index < -0.39 is 26.6 Å². The van der Waals surface area contributed by atoms with Crippen LogP contribution in [0.15, 0.2) is 58.0 Å². The van der Waals surface area contributed by atoms with E-state index in [1.165, 1.54) is 18.4 Å². The standard InChI is InChI=1S/C20H18F3N3O3S/c21-15-3-1-14(2-4-15)20-24-17(13-29-20)12-25-7-9-26(10-8-25)30(27,28)19-11-16(22)5-6-18(19)23/h1-6,11,13H,7-10,12H2. The predicted octanol–water partition coefficient (Wildman–Crippen LogP) is 3.27. The number of halogens is 3. The Hall–Kier alpha value is -2.69. The van der Waals surface area contributed by atoms with Crippen molar-refractivity contribution in [3.8, 4) is 11.5 Å². The van der Waals surface area contributed by atoms with E-state index in [0.29, 0.717) is 42.8 Å². The highest BCUT2D eigenvalue weighted by Crippen LogP contribution is 2.23. The van der Waals surface area contributed by atoms with Crippen LogP contribution < -0.4 is 0 Å². The Balaban J connectivity index is 1.39. The van der Waals surface area contributed by atoms with E-state index in [2.05, 4.69) is 4.98 Å². The molecule has 1 aliphatic heterocycles. The van der Waals surface area contributed by atoms with Crippen molar-refractivity contribution in [2.45, 2.75) is 11.4 Å². The summed E-state index contributed by atoms with van der Waals surface area (Å²) in [5.41, 5.74) is 1.30. The summed E-state index contributed by atoms with van der Waals surface area (Å²) in [4.78, 5) is 5.72. The van der Waals surface area contributed by atoms with Crippen LogP contribution in [0.2, 0.25) is 0 Å². The number of nitrogens with zero attached hydrogens (tertiary/aromatic N) is 3. The summed E-state index contributed by atoms with van der Waals surface area (Å²) in [6.45, 7) is 1.51. The zero-order chi connectivity index (χ0) is 21.3. The van der Waals surface area contributed by atoms with Gasteiger partial charge in [-0.15, -0.1) is 0 Å². The maximum absolute atomic E-state index is 13.9. The first-order valence-corrected chi connectivity index (χ1v) is 10.6. The first kappa shape index (κ1) is 20.6. The van der Waals surface area contributed by atoms with Gasteiger partial charge in [0.2, 0.25) is 15.9 Å². The molecular weight excluding hydrogens is 419 g/mol. The second-order valence-electron chi connectivity index (χ2n) is 6.91. The molecule has 6 nitrogen and oxygen atoms in total. The summed E-state index contributed by atoms with van der Waals surface area (Å²) in [5.74, 6) is -1.77. The molecule has 2 heterocycles. The van der Waals surface area contributed by atoms with Crippen LogP contribution in [0.4, 0.5) is 13.2 Å². The highest BCUT2D eigenvalue weighted by atomic mass is 32.2. The molecule has 2 aromatic carbocycles. The number of hydrogen-bond donors (Lipinski definition) is 0. The fourth-order valence-electron chi connectivity index (χ4n) is 3.28. The molecule has 0 aliphatic carbocycles. The van der Waals surface area contributed by atoms with Crippen LogP contribution in [0, 0.1) is 17.5 Å². The van der Waals surface area contributed by atoms with Crippen molar-refractivity contribution >= 4 is 10.0 Å². The molecule has 1 fully saturated rings. The third kappa shape index (κ3) is 4.25. The normalized spacial score (nSPS) is 16.1. The second kappa shape index (κ2) is 8.21.